The zero-order valence-electron chi connectivity index (χ0n) is 14.7. The van der Waals surface area contributed by atoms with Crippen LogP contribution in [0.15, 0.2) is 12.2 Å². The Labute approximate surface area is 134 Å². The molecule has 1 aliphatic carbocycles. The summed E-state index contributed by atoms with van der Waals surface area (Å²) in [4.78, 5) is 0. The summed E-state index contributed by atoms with van der Waals surface area (Å²) in [6.45, 7) is 14.6. The van der Waals surface area contributed by atoms with Crippen molar-refractivity contribution in [2.45, 2.75) is 82.5 Å². The van der Waals surface area contributed by atoms with Crippen LogP contribution >= 0.6 is 0 Å². The molecule has 0 radical (unpaired) electrons. The van der Waals surface area contributed by atoms with Crippen molar-refractivity contribution in [1.82, 2.24) is 0 Å². The van der Waals surface area contributed by atoms with Gasteiger partial charge in [0, 0.05) is 0 Å². The maximum absolute atomic E-state index is 10.5. The molecule has 1 heterocycles. The molecular weight excluding hydrogens is 300 g/mol. The monoisotopic (exact) mass is 330 g/mol. The van der Waals surface area contributed by atoms with Crippen LogP contribution in [0.1, 0.15) is 34.6 Å². The van der Waals surface area contributed by atoms with Gasteiger partial charge in [-0.3, -0.25) is 0 Å². The lowest BCUT2D eigenvalue weighted by molar-refractivity contribution is -0.186. The van der Waals surface area contributed by atoms with Crippen molar-refractivity contribution >= 4 is 8.32 Å². The standard InChI is InChI=1S/C16H30O5Si/c1-14(2,3)22(6,7)19-10-16-12(18)9-8-11(17)13(16)20-15(4,5)21-16/h8-9,11-13,17-18H,10H2,1-7H3/t11-,12+,13+,16-/m0/s1. The normalized spacial score (nSPS) is 38.1. The van der Waals surface area contributed by atoms with Gasteiger partial charge in [0.05, 0.1) is 6.61 Å². The van der Waals surface area contributed by atoms with E-state index in [0.717, 1.165) is 0 Å². The van der Waals surface area contributed by atoms with Gasteiger partial charge in [-0.15, -0.1) is 0 Å². The van der Waals surface area contributed by atoms with Crippen molar-refractivity contribution in [2.24, 2.45) is 0 Å². The highest BCUT2D eigenvalue weighted by Crippen LogP contribution is 2.45. The van der Waals surface area contributed by atoms with E-state index in [1.165, 1.54) is 0 Å². The van der Waals surface area contributed by atoms with Crippen LogP contribution in [-0.2, 0) is 13.9 Å². The van der Waals surface area contributed by atoms with E-state index in [0.29, 0.717) is 0 Å². The van der Waals surface area contributed by atoms with E-state index in [-0.39, 0.29) is 11.6 Å². The first-order valence-electron chi connectivity index (χ1n) is 7.87. The van der Waals surface area contributed by atoms with Crippen LogP contribution < -0.4 is 0 Å². The predicted octanol–water partition coefficient (Wildman–Crippen LogP) is 2.19. The first kappa shape index (κ1) is 18.1. The molecule has 1 aliphatic heterocycles. The third kappa shape index (κ3) is 3.05. The maximum atomic E-state index is 10.5. The van der Waals surface area contributed by atoms with E-state index in [4.69, 9.17) is 13.9 Å². The molecule has 2 aliphatic rings. The van der Waals surface area contributed by atoms with Crippen molar-refractivity contribution < 1.29 is 24.1 Å². The third-order valence-corrected chi connectivity index (χ3v) is 9.57. The highest BCUT2D eigenvalue weighted by molar-refractivity contribution is 6.74. The molecule has 0 aromatic carbocycles. The minimum absolute atomic E-state index is 0.0577. The molecular formula is C16H30O5Si. The van der Waals surface area contributed by atoms with Crippen molar-refractivity contribution in [3.8, 4) is 0 Å². The topological polar surface area (TPSA) is 68.2 Å². The molecule has 0 saturated carbocycles. The second-order valence-electron chi connectivity index (χ2n) is 8.36. The fraction of sp³-hybridized carbons (Fsp3) is 0.875. The second kappa shape index (κ2) is 5.39. The van der Waals surface area contributed by atoms with E-state index in [9.17, 15) is 10.2 Å². The minimum atomic E-state index is -2.00. The summed E-state index contributed by atoms with van der Waals surface area (Å²) in [5.41, 5.74) is -1.06. The molecule has 0 aromatic rings. The Hall–Kier alpha value is -0.243. The molecule has 6 heteroatoms. The molecule has 128 valence electrons. The second-order valence-corrected chi connectivity index (χ2v) is 13.2. The Bertz CT molecular complexity index is 454. The SMILES string of the molecule is CC1(C)O[C@@H]2[C@@H](O)C=C[C@@H](O)[C@]2(CO[Si](C)(C)C(C)(C)C)O1. The molecule has 0 spiro atoms. The summed E-state index contributed by atoms with van der Waals surface area (Å²) in [5, 5.41) is 20.8. The van der Waals surface area contributed by atoms with Gasteiger partial charge < -0.3 is 24.1 Å². The number of aliphatic hydroxyl groups excluding tert-OH is 2. The van der Waals surface area contributed by atoms with Gasteiger partial charge in [0.25, 0.3) is 0 Å². The van der Waals surface area contributed by atoms with Crippen LogP contribution in [0.5, 0.6) is 0 Å². The molecule has 22 heavy (non-hydrogen) atoms. The third-order valence-electron chi connectivity index (χ3n) is 5.09. The van der Waals surface area contributed by atoms with Gasteiger partial charge in [-0.2, -0.15) is 0 Å². The van der Waals surface area contributed by atoms with Crippen molar-refractivity contribution in [3.05, 3.63) is 12.2 Å². The van der Waals surface area contributed by atoms with Gasteiger partial charge in [-0.1, -0.05) is 32.9 Å². The Kier molecular flexibility index (Phi) is 4.44. The Balaban J connectivity index is 2.27. The van der Waals surface area contributed by atoms with Crippen molar-refractivity contribution in [3.63, 3.8) is 0 Å². The quantitative estimate of drug-likeness (QED) is 0.613. The molecule has 0 unspecified atom stereocenters. The highest BCUT2D eigenvalue weighted by Gasteiger charge is 2.61. The summed E-state index contributed by atoms with van der Waals surface area (Å²) in [5.74, 6) is -0.866. The molecule has 0 bridgehead atoms. The summed E-state index contributed by atoms with van der Waals surface area (Å²) in [7, 11) is -2.00. The number of hydrogen-bond donors (Lipinski definition) is 2. The van der Waals surface area contributed by atoms with Gasteiger partial charge >= 0.3 is 0 Å². The summed E-state index contributed by atoms with van der Waals surface area (Å²) < 4.78 is 18.2. The molecule has 0 amide bonds. The summed E-state index contributed by atoms with van der Waals surface area (Å²) in [6.07, 6.45) is 0.818. The molecule has 4 atom stereocenters. The highest BCUT2D eigenvalue weighted by atomic mass is 28.4. The number of fused-ring (bicyclic) bond motifs is 1. The molecule has 0 aromatic heterocycles. The lowest BCUT2D eigenvalue weighted by Gasteiger charge is -2.44. The van der Waals surface area contributed by atoms with Crippen molar-refractivity contribution in [2.75, 3.05) is 6.61 Å². The zero-order chi connectivity index (χ0) is 17.0. The van der Waals surface area contributed by atoms with Gasteiger partial charge in [-0.25, -0.2) is 0 Å². The van der Waals surface area contributed by atoms with E-state index in [1.807, 2.05) is 0 Å². The fourth-order valence-electron chi connectivity index (χ4n) is 2.72. The largest absolute Gasteiger partial charge is 0.414 e. The van der Waals surface area contributed by atoms with Crippen LogP contribution in [0.3, 0.4) is 0 Å². The van der Waals surface area contributed by atoms with Crippen LogP contribution in [0.2, 0.25) is 18.1 Å². The van der Waals surface area contributed by atoms with Crippen LogP contribution in [0.25, 0.3) is 0 Å². The molecule has 1 saturated heterocycles. The van der Waals surface area contributed by atoms with E-state index in [2.05, 4.69) is 33.9 Å². The predicted molar refractivity (Wildman–Crippen MR) is 87.1 cm³/mol. The zero-order valence-corrected chi connectivity index (χ0v) is 15.7. The number of ether oxygens (including phenoxy) is 2. The Morgan fingerprint density at radius 1 is 1.18 bits per heavy atom. The fourth-order valence-corrected chi connectivity index (χ4v) is 3.74. The van der Waals surface area contributed by atoms with Gasteiger partial charge in [0.2, 0.25) is 0 Å². The van der Waals surface area contributed by atoms with E-state index >= 15 is 0 Å². The van der Waals surface area contributed by atoms with Gasteiger partial charge in [-0.05, 0) is 32.0 Å². The summed E-state index contributed by atoms with van der Waals surface area (Å²) in [6, 6.07) is 0. The Morgan fingerprint density at radius 2 is 1.77 bits per heavy atom. The van der Waals surface area contributed by atoms with Crippen LogP contribution in [0.4, 0.5) is 0 Å². The number of aliphatic hydroxyl groups is 2. The van der Waals surface area contributed by atoms with Crippen molar-refractivity contribution in [1.29, 1.82) is 0 Å². The first-order valence-corrected chi connectivity index (χ1v) is 10.8. The molecule has 2 rings (SSSR count). The molecule has 2 N–H and O–H groups in total. The van der Waals surface area contributed by atoms with Crippen LogP contribution in [0, 0.1) is 0 Å². The first-order chi connectivity index (χ1) is 9.81. The number of hydrogen-bond acceptors (Lipinski definition) is 5. The average Bonchev–Trinajstić information content (AvgIpc) is 2.64. The lowest BCUT2D eigenvalue weighted by Crippen LogP contribution is -2.61. The lowest BCUT2D eigenvalue weighted by atomic mass is 9.83. The number of rotatable bonds is 3. The molecule has 1 fully saturated rings. The maximum Gasteiger partial charge on any atom is 0.192 e. The summed E-state index contributed by atoms with van der Waals surface area (Å²) >= 11 is 0. The minimum Gasteiger partial charge on any atom is -0.414 e. The van der Waals surface area contributed by atoms with Gasteiger partial charge in [0.1, 0.15) is 18.3 Å². The van der Waals surface area contributed by atoms with Gasteiger partial charge in [0.15, 0.2) is 19.7 Å². The van der Waals surface area contributed by atoms with E-state index < -0.39 is 38.0 Å². The Morgan fingerprint density at radius 3 is 2.32 bits per heavy atom. The smallest absolute Gasteiger partial charge is 0.192 e. The van der Waals surface area contributed by atoms with E-state index in [1.54, 1.807) is 26.0 Å². The average molecular weight is 330 g/mol. The molecule has 5 nitrogen and oxygen atoms in total. The van der Waals surface area contributed by atoms with Crippen LogP contribution in [-0.4, -0.2) is 54.8 Å².